The van der Waals surface area contributed by atoms with E-state index >= 15 is 0 Å². The van der Waals surface area contributed by atoms with Crippen LogP contribution in [0.2, 0.25) is 0 Å². The van der Waals surface area contributed by atoms with Crippen LogP contribution in [0.4, 0.5) is 0 Å². The van der Waals surface area contributed by atoms with Gasteiger partial charge in [0.2, 0.25) is 0 Å². The predicted molar refractivity (Wildman–Crippen MR) is 64.1 cm³/mol. The van der Waals surface area contributed by atoms with Gasteiger partial charge in [0.1, 0.15) is 0 Å². The Hall–Kier alpha value is -1.38. The molecular weight excluding hydrogens is 214 g/mol. The minimum Gasteiger partial charge on any atom is -0.462 e. The van der Waals surface area contributed by atoms with E-state index in [9.17, 15) is 4.79 Å². The minimum absolute atomic E-state index is 0.218. The average molecular weight is 231 g/mol. The number of nitrogens with zero attached hydrogens (tertiary/aromatic N) is 1. The molecule has 1 aromatic rings. The van der Waals surface area contributed by atoms with Gasteiger partial charge in [0, 0.05) is 17.5 Å². The Balaban J connectivity index is 1.93. The molecule has 0 aromatic carbocycles. The van der Waals surface area contributed by atoms with Gasteiger partial charge in [-0.2, -0.15) is 0 Å². The molecule has 0 amide bonds. The number of rotatable bonds is 4. The summed E-state index contributed by atoms with van der Waals surface area (Å²) in [6.45, 7) is 2.26. The van der Waals surface area contributed by atoms with Crippen molar-refractivity contribution in [3.05, 3.63) is 29.1 Å². The average Bonchev–Trinajstić information content (AvgIpc) is 3.19. The lowest BCUT2D eigenvalue weighted by Gasteiger charge is -2.09. The number of ether oxygens (including phenoxy) is 1. The maximum Gasteiger partial charge on any atom is 0.339 e. The zero-order chi connectivity index (χ0) is 11.8. The minimum atomic E-state index is -0.218. The smallest absolute Gasteiger partial charge is 0.339 e. The van der Waals surface area contributed by atoms with Crippen LogP contribution in [0.25, 0.3) is 0 Å². The van der Waals surface area contributed by atoms with E-state index in [1.54, 1.807) is 0 Å². The Morgan fingerprint density at radius 3 is 2.59 bits per heavy atom. The van der Waals surface area contributed by atoms with E-state index in [0.717, 1.165) is 18.5 Å². The van der Waals surface area contributed by atoms with Crippen molar-refractivity contribution in [3.63, 3.8) is 0 Å². The largest absolute Gasteiger partial charge is 0.462 e. The Bertz CT molecular complexity index is 448. The lowest BCUT2D eigenvalue weighted by Crippen LogP contribution is -2.10. The molecule has 0 spiro atoms. The van der Waals surface area contributed by atoms with E-state index in [-0.39, 0.29) is 5.97 Å². The second-order valence-electron chi connectivity index (χ2n) is 4.94. The molecule has 0 aliphatic heterocycles. The molecule has 1 heterocycles. The van der Waals surface area contributed by atoms with Crippen LogP contribution in [0.15, 0.2) is 12.1 Å². The first-order valence-electron chi connectivity index (χ1n) is 6.47. The third-order valence-corrected chi connectivity index (χ3v) is 3.40. The summed E-state index contributed by atoms with van der Waals surface area (Å²) in [5.74, 6) is 0.918. The number of pyridine rings is 1. The van der Waals surface area contributed by atoms with Crippen LogP contribution in [0.1, 0.15) is 66.2 Å². The van der Waals surface area contributed by atoms with Gasteiger partial charge < -0.3 is 4.74 Å². The van der Waals surface area contributed by atoms with Crippen molar-refractivity contribution in [2.24, 2.45) is 0 Å². The molecule has 2 saturated carbocycles. The van der Waals surface area contributed by atoms with Gasteiger partial charge in [-0.05, 0) is 44.7 Å². The summed E-state index contributed by atoms with van der Waals surface area (Å²) in [6.07, 6.45) is 4.81. The third kappa shape index (κ3) is 2.19. The maximum atomic E-state index is 11.8. The predicted octanol–water partition coefficient (Wildman–Crippen LogP) is 3.01. The highest BCUT2D eigenvalue weighted by Gasteiger charge is 2.32. The number of esters is 1. The van der Waals surface area contributed by atoms with E-state index in [1.807, 2.05) is 19.1 Å². The van der Waals surface area contributed by atoms with Crippen LogP contribution >= 0.6 is 0 Å². The topological polar surface area (TPSA) is 39.2 Å². The number of hydrogen-bond donors (Lipinski definition) is 0. The molecule has 2 fully saturated rings. The number of aromatic nitrogens is 1. The summed E-state index contributed by atoms with van der Waals surface area (Å²) >= 11 is 0. The number of carbonyl (C=O) groups excluding carboxylic acids is 1. The fourth-order valence-electron chi connectivity index (χ4n) is 2.15. The summed E-state index contributed by atoms with van der Waals surface area (Å²) in [5.41, 5.74) is 2.83. The fraction of sp³-hybridized carbons (Fsp3) is 0.571. The van der Waals surface area contributed by atoms with Crippen LogP contribution in [0.5, 0.6) is 0 Å². The van der Waals surface area contributed by atoms with E-state index in [1.165, 1.54) is 18.5 Å². The normalized spacial score (nSPS) is 19.1. The van der Waals surface area contributed by atoms with Gasteiger partial charge in [0.15, 0.2) is 0 Å². The van der Waals surface area contributed by atoms with Crippen LogP contribution in [-0.2, 0) is 4.74 Å². The fourth-order valence-corrected chi connectivity index (χ4v) is 2.15. The SMILES string of the molecule is CCOC(=O)c1ccc(C2CC2)nc1C1CC1. The van der Waals surface area contributed by atoms with Gasteiger partial charge in [-0.15, -0.1) is 0 Å². The highest BCUT2D eigenvalue weighted by molar-refractivity contribution is 5.91. The monoisotopic (exact) mass is 231 g/mol. The molecule has 0 unspecified atom stereocenters. The van der Waals surface area contributed by atoms with Crippen LogP contribution < -0.4 is 0 Å². The van der Waals surface area contributed by atoms with Crippen LogP contribution in [0.3, 0.4) is 0 Å². The highest BCUT2D eigenvalue weighted by atomic mass is 16.5. The summed E-state index contributed by atoms with van der Waals surface area (Å²) < 4.78 is 5.08. The van der Waals surface area contributed by atoms with Crippen molar-refractivity contribution in [2.75, 3.05) is 6.61 Å². The van der Waals surface area contributed by atoms with Gasteiger partial charge in [0.05, 0.1) is 17.9 Å². The van der Waals surface area contributed by atoms with Gasteiger partial charge in [-0.25, -0.2) is 4.79 Å². The second kappa shape index (κ2) is 4.13. The second-order valence-corrected chi connectivity index (χ2v) is 4.94. The Labute approximate surface area is 101 Å². The number of carbonyl (C=O) groups is 1. The van der Waals surface area contributed by atoms with E-state index in [4.69, 9.17) is 9.72 Å². The Morgan fingerprint density at radius 1 is 1.29 bits per heavy atom. The van der Waals surface area contributed by atoms with Gasteiger partial charge in [0.25, 0.3) is 0 Å². The summed E-state index contributed by atoms with van der Waals surface area (Å²) in [7, 11) is 0. The Kier molecular flexibility index (Phi) is 2.61. The van der Waals surface area contributed by atoms with E-state index in [0.29, 0.717) is 24.0 Å². The molecule has 0 bridgehead atoms. The Morgan fingerprint density at radius 2 is 2.00 bits per heavy atom. The first-order chi connectivity index (χ1) is 8.29. The first-order valence-corrected chi connectivity index (χ1v) is 6.47. The molecule has 2 aliphatic rings. The molecule has 0 radical (unpaired) electrons. The zero-order valence-corrected chi connectivity index (χ0v) is 10.1. The van der Waals surface area contributed by atoms with Crippen molar-refractivity contribution >= 4 is 5.97 Å². The van der Waals surface area contributed by atoms with Crippen LogP contribution in [0, 0.1) is 0 Å². The third-order valence-electron chi connectivity index (χ3n) is 3.40. The molecule has 90 valence electrons. The molecule has 1 aromatic heterocycles. The highest BCUT2D eigenvalue weighted by Crippen LogP contribution is 2.44. The van der Waals surface area contributed by atoms with Crippen molar-refractivity contribution < 1.29 is 9.53 Å². The zero-order valence-electron chi connectivity index (χ0n) is 10.1. The molecular formula is C14H17NO2. The molecule has 0 atom stereocenters. The molecule has 0 N–H and O–H groups in total. The number of hydrogen-bond acceptors (Lipinski definition) is 3. The molecule has 3 nitrogen and oxygen atoms in total. The van der Waals surface area contributed by atoms with E-state index in [2.05, 4.69) is 0 Å². The van der Waals surface area contributed by atoms with Gasteiger partial charge >= 0.3 is 5.97 Å². The first kappa shape index (κ1) is 10.8. The van der Waals surface area contributed by atoms with E-state index < -0.39 is 0 Å². The molecule has 3 rings (SSSR count). The molecule has 2 aliphatic carbocycles. The van der Waals surface area contributed by atoms with Gasteiger partial charge in [-0.3, -0.25) is 4.98 Å². The summed E-state index contributed by atoms with van der Waals surface area (Å²) in [6, 6.07) is 3.90. The molecule has 3 heteroatoms. The lowest BCUT2D eigenvalue weighted by molar-refractivity contribution is 0.0524. The molecule has 17 heavy (non-hydrogen) atoms. The van der Waals surface area contributed by atoms with Crippen molar-refractivity contribution in [1.82, 2.24) is 4.98 Å². The molecule has 0 saturated heterocycles. The van der Waals surface area contributed by atoms with Crippen molar-refractivity contribution in [3.8, 4) is 0 Å². The standard InChI is InChI=1S/C14H17NO2/c1-2-17-14(16)11-7-8-12(9-3-4-9)15-13(11)10-5-6-10/h7-10H,2-6H2,1H3. The van der Waals surface area contributed by atoms with Gasteiger partial charge in [-0.1, -0.05) is 0 Å². The van der Waals surface area contributed by atoms with Crippen molar-refractivity contribution in [2.45, 2.75) is 44.4 Å². The van der Waals surface area contributed by atoms with Crippen molar-refractivity contribution in [1.29, 1.82) is 0 Å². The van der Waals surface area contributed by atoms with Crippen LogP contribution in [-0.4, -0.2) is 17.6 Å². The maximum absolute atomic E-state index is 11.8. The lowest BCUT2D eigenvalue weighted by atomic mass is 10.1. The summed E-state index contributed by atoms with van der Waals surface area (Å²) in [4.78, 5) is 16.5. The quantitative estimate of drug-likeness (QED) is 0.748. The summed E-state index contributed by atoms with van der Waals surface area (Å²) in [5, 5.41) is 0.